The maximum atomic E-state index is 12.2. The average molecular weight is 333 g/mol. The zero-order valence-corrected chi connectivity index (χ0v) is 14.5. The molecule has 122 valence electrons. The van der Waals surface area contributed by atoms with Crippen LogP contribution < -0.4 is 10.6 Å². The number of amides is 1. The second-order valence-corrected chi connectivity index (χ2v) is 6.02. The van der Waals surface area contributed by atoms with Crippen molar-refractivity contribution in [1.82, 2.24) is 15.3 Å². The van der Waals surface area contributed by atoms with Gasteiger partial charge in [0, 0.05) is 22.4 Å². The van der Waals surface area contributed by atoms with Crippen LogP contribution in [0.2, 0.25) is 5.02 Å². The highest BCUT2D eigenvalue weighted by molar-refractivity contribution is 6.30. The second kappa shape index (κ2) is 7.42. The lowest BCUT2D eigenvalue weighted by Gasteiger charge is -2.13. The number of hydrogen-bond donors (Lipinski definition) is 2. The highest BCUT2D eigenvalue weighted by atomic mass is 35.5. The van der Waals surface area contributed by atoms with Crippen molar-refractivity contribution in [1.29, 1.82) is 0 Å². The number of aryl methyl sites for hydroxylation is 2. The van der Waals surface area contributed by atoms with E-state index in [4.69, 9.17) is 11.6 Å². The Bertz CT molecular complexity index is 718. The molecule has 0 aliphatic rings. The van der Waals surface area contributed by atoms with Gasteiger partial charge in [-0.1, -0.05) is 18.5 Å². The molecule has 2 aromatic rings. The van der Waals surface area contributed by atoms with Crippen molar-refractivity contribution in [3.05, 3.63) is 46.2 Å². The molecule has 0 spiro atoms. The minimum atomic E-state index is -0.194. The predicted octanol–water partition coefficient (Wildman–Crippen LogP) is 4.02. The summed E-state index contributed by atoms with van der Waals surface area (Å²) in [6.07, 6.45) is 0.866. The third kappa shape index (κ3) is 4.66. The molecule has 1 aromatic heterocycles. The zero-order chi connectivity index (χ0) is 17.0. The minimum absolute atomic E-state index is 0.104. The Hall–Kier alpha value is -2.14. The van der Waals surface area contributed by atoms with E-state index in [0.29, 0.717) is 16.7 Å². The van der Waals surface area contributed by atoms with Crippen LogP contribution in [0.1, 0.15) is 42.0 Å². The number of carbonyl (C=O) groups is 1. The SMILES string of the molecule is CCC(C)NC(=O)c1cc(C)nc(Nc2ccc(Cl)cc2C)n1. The molecule has 5 nitrogen and oxygen atoms in total. The van der Waals surface area contributed by atoms with Gasteiger partial charge in [0.2, 0.25) is 5.95 Å². The monoisotopic (exact) mass is 332 g/mol. The molecule has 0 radical (unpaired) electrons. The fourth-order valence-electron chi connectivity index (χ4n) is 2.03. The maximum absolute atomic E-state index is 12.2. The van der Waals surface area contributed by atoms with E-state index in [9.17, 15) is 4.79 Å². The summed E-state index contributed by atoms with van der Waals surface area (Å²) >= 11 is 5.96. The molecule has 0 saturated carbocycles. The van der Waals surface area contributed by atoms with Gasteiger partial charge < -0.3 is 10.6 Å². The van der Waals surface area contributed by atoms with Gasteiger partial charge in [-0.25, -0.2) is 9.97 Å². The fourth-order valence-corrected chi connectivity index (χ4v) is 2.26. The van der Waals surface area contributed by atoms with Gasteiger partial charge in [0.25, 0.3) is 5.91 Å². The van der Waals surface area contributed by atoms with Crippen molar-refractivity contribution >= 4 is 29.1 Å². The van der Waals surface area contributed by atoms with Gasteiger partial charge in [-0.3, -0.25) is 4.79 Å². The van der Waals surface area contributed by atoms with Crippen LogP contribution >= 0.6 is 11.6 Å². The van der Waals surface area contributed by atoms with Crippen LogP contribution in [0.4, 0.5) is 11.6 Å². The normalized spacial score (nSPS) is 11.9. The van der Waals surface area contributed by atoms with E-state index >= 15 is 0 Å². The van der Waals surface area contributed by atoms with Crippen molar-refractivity contribution in [2.24, 2.45) is 0 Å². The summed E-state index contributed by atoms with van der Waals surface area (Å²) in [5, 5.41) is 6.72. The Balaban J connectivity index is 2.24. The first-order valence-electron chi connectivity index (χ1n) is 7.58. The number of hydrogen-bond acceptors (Lipinski definition) is 4. The first-order valence-corrected chi connectivity index (χ1v) is 7.96. The van der Waals surface area contributed by atoms with Gasteiger partial charge >= 0.3 is 0 Å². The largest absolute Gasteiger partial charge is 0.348 e. The molecule has 1 aromatic carbocycles. The van der Waals surface area contributed by atoms with E-state index in [2.05, 4.69) is 20.6 Å². The summed E-state index contributed by atoms with van der Waals surface area (Å²) in [6, 6.07) is 7.30. The number of carbonyl (C=O) groups excluding carboxylic acids is 1. The molecule has 1 atom stereocenters. The highest BCUT2D eigenvalue weighted by Crippen LogP contribution is 2.22. The molecule has 6 heteroatoms. The van der Waals surface area contributed by atoms with Crippen molar-refractivity contribution in [2.45, 2.75) is 40.2 Å². The third-order valence-corrected chi connectivity index (χ3v) is 3.75. The number of rotatable bonds is 5. The molecule has 1 unspecified atom stereocenters. The van der Waals surface area contributed by atoms with Crippen molar-refractivity contribution in [3.63, 3.8) is 0 Å². The van der Waals surface area contributed by atoms with Crippen molar-refractivity contribution in [2.75, 3.05) is 5.32 Å². The summed E-state index contributed by atoms with van der Waals surface area (Å²) in [7, 11) is 0. The number of aromatic nitrogens is 2. The number of halogens is 1. The molecule has 0 fully saturated rings. The number of nitrogens with zero attached hydrogens (tertiary/aromatic N) is 2. The van der Waals surface area contributed by atoms with E-state index in [0.717, 1.165) is 23.4 Å². The van der Waals surface area contributed by atoms with Crippen molar-refractivity contribution in [3.8, 4) is 0 Å². The molecule has 2 rings (SSSR count). The number of nitrogens with one attached hydrogen (secondary N) is 2. The zero-order valence-electron chi connectivity index (χ0n) is 13.8. The van der Waals surface area contributed by atoms with E-state index in [1.807, 2.05) is 39.8 Å². The second-order valence-electron chi connectivity index (χ2n) is 5.59. The average Bonchev–Trinajstić information content (AvgIpc) is 2.49. The summed E-state index contributed by atoms with van der Waals surface area (Å²) in [5.74, 6) is 0.199. The molecule has 0 aliphatic carbocycles. The van der Waals surface area contributed by atoms with Gasteiger partial charge in [-0.2, -0.15) is 0 Å². The van der Waals surface area contributed by atoms with Gasteiger partial charge in [0.1, 0.15) is 5.69 Å². The van der Waals surface area contributed by atoms with Gasteiger partial charge in [-0.05, 0) is 57.0 Å². The van der Waals surface area contributed by atoms with Gasteiger partial charge in [0.05, 0.1) is 0 Å². The lowest BCUT2D eigenvalue weighted by Crippen LogP contribution is -2.32. The van der Waals surface area contributed by atoms with Crippen LogP contribution in [0.5, 0.6) is 0 Å². The number of benzene rings is 1. The van der Waals surface area contributed by atoms with E-state index < -0.39 is 0 Å². The Morgan fingerprint density at radius 2 is 2.00 bits per heavy atom. The molecular weight excluding hydrogens is 312 g/mol. The van der Waals surface area contributed by atoms with E-state index in [-0.39, 0.29) is 11.9 Å². The molecule has 0 saturated heterocycles. The lowest BCUT2D eigenvalue weighted by atomic mass is 10.2. The predicted molar refractivity (Wildman–Crippen MR) is 93.5 cm³/mol. The van der Waals surface area contributed by atoms with E-state index in [1.54, 1.807) is 12.1 Å². The first-order chi connectivity index (χ1) is 10.9. The highest BCUT2D eigenvalue weighted by Gasteiger charge is 2.13. The smallest absolute Gasteiger partial charge is 0.270 e. The number of anilines is 2. The maximum Gasteiger partial charge on any atom is 0.270 e. The fraction of sp³-hybridized carbons (Fsp3) is 0.353. The van der Waals surface area contributed by atoms with Crippen LogP contribution in [-0.4, -0.2) is 21.9 Å². The standard InChI is InChI=1S/C17H21ClN4O/c1-5-11(3)19-16(23)15-9-12(4)20-17(22-15)21-14-7-6-13(18)8-10(14)2/h6-9,11H,5H2,1-4H3,(H,19,23)(H,20,21,22). The van der Waals surface area contributed by atoms with Crippen LogP contribution in [0.15, 0.2) is 24.3 Å². The molecule has 2 N–H and O–H groups in total. The van der Waals surface area contributed by atoms with Gasteiger partial charge in [0.15, 0.2) is 0 Å². The van der Waals surface area contributed by atoms with Crippen molar-refractivity contribution < 1.29 is 4.79 Å². The van der Waals surface area contributed by atoms with Crippen LogP contribution in [0, 0.1) is 13.8 Å². The molecule has 23 heavy (non-hydrogen) atoms. The molecule has 0 bridgehead atoms. The van der Waals surface area contributed by atoms with Crippen LogP contribution in [0.3, 0.4) is 0 Å². The first kappa shape index (κ1) is 17.2. The third-order valence-electron chi connectivity index (χ3n) is 3.51. The van der Waals surface area contributed by atoms with Gasteiger partial charge in [-0.15, -0.1) is 0 Å². The minimum Gasteiger partial charge on any atom is -0.348 e. The Labute approximate surface area is 141 Å². The summed E-state index contributed by atoms with van der Waals surface area (Å²) in [4.78, 5) is 20.9. The molecule has 0 aliphatic heterocycles. The topological polar surface area (TPSA) is 66.9 Å². The molecule has 1 heterocycles. The molecular formula is C17H21ClN4O. The lowest BCUT2D eigenvalue weighted by molar-refractivity contribution is 0.0934. The summed E-state index contributed by atoms with van der Waals surface area (Å²) < 4.78 is 0. The van der Waals surface area contributed by atoms with Crippen LogP contribution in [-0.2, 0) is 0 Å². The summed E-state index contributed by atoms with van der Waals surface area (Å²) in [5.41, 5.74) is 2.91. The van der Waals surface area contributed by atoms with Crippen LogP contribution in [0.25, 0.3) is 0 Å². The Morgan fingerprint density at radius 3 is 2.65 bits per heavy atom. The Morgan fingerprint density at radius 1 is 1.26 bits per heavy atom. The Kier molecular flexibility index (Phi) is 5.55. The summed E-state index contributed by atoms with van der Waals surface area (Å²) in [6.45, 7) is 7.76. The van der Waals surface area contributed by atoms with E-state index in [1.165, 1.54) is 0 Å². The quantitative estimate of drug-likeness (QED) is 0.867. The molecule has 1 amide bonds.